The topological polar surface area (TPSA) is 46.3 Å². The van der Waals surface area contributed by atoms with Gasteiger partial charge in [0.2, 0.25) is 5.91 Å². The normalized spacial score (nSPS) is 33.1. The number of likely N-dealkylation sites (tertiary alicyclic amines) is 1. The number of hydrogen-bond donors (Lipinski definition) is 1. The molecule has 1 amide bonds. The third-order valence-corrected chi connectivity index (χ3v) is 4.67. The summed E-state index contributed by atoms with van der Waals surface area (Å²) in [6, 6.07) is 0.0121. The van der Waals surface area contributed by atoms with Crippen molar-refractivity contribution >= 4 is 18.3 Å². The molecule has 7 heteroatoms. The second-order valence-corrected chi connectivity index (χ2v) is 6.30. The summed E-state index contributed by atoms with van der Waals surface area (Å²) < 4.78 is 38.9. The molecule has 1 saturated carbocycles. The number of amides is 1. The molecule has 0 radical (unpaired) electrons. The highest BCUT2D eigenvalue weighted by molar-refractivity contribution is 5.85. The Balaban J connectivity index is 0.00000200. The Bertz CT molecular complexity index is 373. The van der Waals surface area contributed by atoms with Crippen LogP contribution in [0.4, 0.5) is 13.2 Å². The Hall–Kier alpha value is -0.490. The molecule has 1 saturated heterocycles. The molecule has 3 unspecified atom stereocenters. The maximum absolute atomic E-state index is 13.0. The van der Waals surface area contributed by atoms with Gasteiger partial charge in [0.05, 0.1) is 5.92 Å². The van der Waals surface area contributed by atoms with Gasteiger partial charge in [0.1, 0.15) is 0 Å². The van der Waals surface area contributed by atoms with Gasteiger partial charge in [0.25, 0.3) is 0 Å². The van der Waals surface area contributed by atoms with Crippen molar-refractivity contribution in [1.82, 2.24) is 4.90 Å². The van der Waals surface area contributed by atoms with Crippen LogP contribution in [0.2, 0.25) is 0 Å². The molecule has 2 rings (SSSR count). The maximum Gasteiger partial charge on any atom is 0.394 e. The molecule has 2 fully saturated rings. The van der Waals surface area contributed by atoms with E-state index in [1.54, 1.807) is 0 Å². The fourth-order valence-corrected chi connectivity index (χ4v) is 3.51. The van der Waals surface area contributed by atoms with Gasteiger partial charge >= 0.3 is 6.18 Å². The van der Waals surface area contributed by atoms with Crippen molar-refractivity contribution in [2.45, 2.75) is 57.3 Å². The number of halogens is 4. The molecule has 0 aromatic carbocycles. The molecular weight excluding hydrogens is 293 g/mol. The summed E-state index contributed by atoms with van der Waals surface area (Å²) in [5, 5.41) is 0. The first-order valence-corrected chi connectivity index (χ1v) is 6.78. The van der Waals surface area contributed by atoms with E-state index in [0.29, 0.717) is 12.8 Å². The number of carbonyl (C=O) groups is 1. The summed E-state index contributed by atoms with van der Waals surface area (Å²) in [6.45, 7) is 3.23. The molecule has 118 valence electrons. The number of alkyl halides is 3. The van der Waals surface area contributed by atoms with Gasteiger partial charge in [-0.25, -0.2) is 0 Å². The van der Waals surface area contributed by atoms with E-state index in [1.165, 1.54) is 18.7 Å². The largest absolute Gasteiger partial charge is 0.394 e. The van der Waals surface area contributed by atoms with Gasteiger partial charge in [-0.05, 0) is 39.5 Å². The minimum absolute atomic E-state index is 0. The molecule has 0 aromatic heterocycles. The van der Waals surface area contributed by atoms with E-state index in [1.807, 2.05) is 0 Å². The van der Waals surface area contributed by atoms with E-state index < -0.39 is 17.6 Å². The van der Waals surface area contributed by atoms with Crippen molar-refractivity contribution in [2.24, 2.45) is 17.6 Å². The molecule has 3 atom stereocenters. The van der Waals surface area contributed by atoms with Crippen LogP contribution in [0.25, 0.3) is 0 Å². The van der Waals surface area contributed by atoms with E-state index in [2.05, 4.69) is 0 Å². The fourth-order valence-electron chi connectivity index (χ4n) is 3.51. The van der Waals surface area contributed by atoms with E-state index >= 15 is 0 Å². The highest BCUT2D eigenvalue weighted by Crippen LogP contribution is 2.45. The number of nitrogens with two attached hydrogens (primary N) is 1. The SMILES string of the molecule is CC1(C)C(C(F)(F)F)CCN1C(=O)C1CCC(N)C1.Cl. The maximum atomic E-state index is 13.0. The van der Waals surface area contributed by atoms with E-state index in [9.17, 15) is 18.0 Å². The summed E-state index contributed by atoms with van der Waals surface area (Å²) in [6.07, 6.45) is -2.16. The lowest BCUT2D eigenvalue weighted by Gasteiger charge is -2.38. The Kier molecular flexibility index (Phi) is 5.02. The third kappa shape index (κ3) is 3.06. The molecule has 20 heavy (non-hydrogen) atoms. The van der Waals surface area contributed by atoms with Crippen molar-refractivity contribution < 1.29 is 18.0 Å². The Morgan fingerprint density at radius 1 is 1.25 bits per heavy atom. The summed E-state index contributed by atoms with van der Waals surface area (Å²) in [5.74, 6) is -1.77. The lowest BCUT2D eigenvalue weighted by molar-refractivity contribution is -0.192. The van der Waals surface area contributed by atoms with Crippen LogP contribution in [-0.2, 0) is 4.79 Å². The zero-order valence-corrected chi connectivity index (χ0v) is 12.6. The monoisotopic (exact) mass is 314 g/mol. The van der Waals surface area contributed by atoms with Crippen LogP contribution in [-0.4, -0.2) is 35.1 Å². The molecule has 2 N–H and O–H groups in total. The minimum Gasteiger partial charge on any atom is -0.337 e. The van der Waals surface area contributed by atoms with Gasteiger partial charge in [-0.3, -0.25) is 4.79 Å². The number of carbonyl (C=O) groups excluding carboxylic acids is 1. The first kappa shape index (κ1) is 17.6. The second kappa shape index (κ2) is 5.72. The van der Waals surface area contributed by atoms with Gasteiger partial charge in [0.15, 0.2) is 0 Å². The van der Waals surface area contributed by atoms with Gasteiger partial charge in [-0.15, -0.1) is 12.4 Å². The zero-order chi connectivity index (χ0) is 14.4. The van der Waals surface area contributed by atoms with Crippen molar-refractivity contribution in [3.05, 3.63) is 0 Å². The molecule has 1 aliphatic heterocycles. The van der Waals surface area contributed by atoms with Gasteiger partial charge in [-0.1, -0.05) is 0 Å². The Labute approximate surface area is 123 Å². The standard InChI is InChI=1S/C13H21F3N2O.ClH/c1-12(2)10(13(14,15)16)5-6-18(12)11(19)8-3-4-9(17)7-8;/h8-10H,3-7,17H2,1-2H3;1H. The van der Waals surface area contributed by atoms with Crippen molar-refractivity contribution in [1.29, 1.82) is 0 Å². The molecule has 3 nitrogen and oxygen atoms in total. The molecule has 2 aliphatic rings. The molecule has 1 aliphatic carbocycles. The summed E-state index contributed by atoms with van der Waals surface area (Å²) >= 11 is 0. The van der Waals surface area contributed by atoms with Crippen LogP contribution in [0.3, 0.4) is 0 Å². The quantitative estimate of drug-likeness (QED) is 0.809. The van der Waals surface area contributed by atoms with E-state index in [-0.39, 0.29) is 43.2 Å². The Morgan fingerprint density at radius 2 is 1.85 bits per heavy atom. The summed E-state index contributed by atoms with van der Waals surface area (Å²) in [7, 11) is 0. The lowest BCUT2D eigenvalue weighted by Crippen LogP contribution is -2.51. The lowest BCUT2D eigenvalue weighted by atomic mass is 9.87. The first-order chi connectivity index (χ1) is 8.64. The van der Waals surface area contributed by atoms with Crippen LogP contribution in [0.5, 0.6) is 0 Å². The second-order valence-electron chi connectivity index (χ2n) is 6.30. The smallest absolute Gasteiger partial charge is 0.337 e. The predicted molar refractivity (Wildman–Crippen MR) is 72.5 cm³/mol. The average Bonchev–Trinajstić information content (AvgIpc) is 2.79. The van der Waals surface area contributed by atoms with Gasteiger partial charge in [-0.2, -0.15) is 13.2 Å². The van der Waals surface area contributed by atoms with Crippen molar-refractivity contribution in [2.75, 3.05) is 6.54 Å². The van der Waals surface area contributed by atoms with Crippen LogP contribution < -0.4 is 5.73 Å². The summed E-state index contributed by atoms with van der Waals surface area (Å²) in [5.41, 5.74) is 4.62. The Morgan fingerprint density at radius 3 is 2.25 bits per heavy atom. The van der Waals surface area contributed by atoms with Crippen LogP contribution in [0, 0.1) is 11.8 Å². The predicted octanol–water partition coefficient (Wildman–Crippen LogP) is 2.73. The third-order valence-electron chi connectivity index (χ3n) is 4.67. The zero-order valence-electron chi connectivity index (χ0n) is 11.7. The van der Waals surface area contributed by atoms with Crippen LogP contribution in [0.15, 0.2) is 0 Å². The molecule has 0 spiro atoms. The molecule has 0 aromatic rings. The molecule has 1 heterocycles. The molecule has 0 bridgehead atoms. The fraction of sp³-hybridized carbons (Fsp3) is 0.923. The molecular formula is C13H22ClF3N2O. The average molecular weight is 315 g/mol. The first-order valence-electron chi connectivity index (χ1n) is 6.78. The summed E-state index contributed by atoms with van der Waals surface area (Å²) in [4.78, 5) is 13.8. The highest BCUT2D eigenvalue weighted by atomic mass is 35.5. The van der Waals surface area contributed by atoms with E-state index in [4.69, 9.17) is 5.73 Å². The van der Waals surface area contributed by atoms with Gasteiger partial charge in [0, 0.05) is 24.0 Å². The number of hydrogen-bond acceptors (Lipinski definition) is 2. The minimum atomic E-state index is -4.25. The van der Waals surface area contributed by atoms with Crippen molar-refractivity contribution in [3.63, 3.8) is 0 Å². The highest BCUT2D eigenvalue weighted by Gasteiger charge is 2.56. The number of rotatable bonds is 1. The van der Waals surface area contributed by atoms with Crippen LogP contribution in [0.1, 0.15) is 39.5 Å². The number of nitrogens with zero attached hydrogens (tertiary/aromatic N) is 1. The van der Waals surface area contributed by atoms with Crippen LogP contribution >= 0.6 is 12.4 Å². The van der Waals surface area contributed by atoms with E-state index in [0.717, 1.165) is 6.42 Å². The van der Waals surface area contributed by atoms with Crippen molar-refractivity contribution in [3.8, 4) is 0 Å². The van der Waals surface area contributed by atoms with Gasteiger partial charge < -0.3 is 10.6 Å².